The van der Waals surface area contributed by atoms with Gasteiger partial charge in [0.15, 0.2) is 0 Å². The average molecular weight is 144 g/mol. The summed E-state index contributed by atoms with van der Waals surface area (Å²) in [4.78, 5) is 9.89. The first-order valence-corrected chi connectivity index (χ1v) is 3.07. The van der Waals surface area contributed by atoms with E-state index in [4.69, 9.17) is 10.8 Å². The van der Waals surface area contributed by atoms with Gasteiger partial charge in [0.05, 0.1) is 0 Å². The minimum absolute atomic E-state index is 0.559. The van der Waals surface area contributed by atoms with Gasteiger partial charge >= 0.3 is 5.97 Å². The monoisotopic (exact) mass is 144 g/mol. The van der Waals surface area contributed by atoms with Crippen LogP contribution < -0.4 is 11.1 Å². The highest BCUT2D eigenvalue weighted by Crippen LogP contribution is 1.69. The summed E-state index contributed by atoms with van der Waals surface area (Å²) in [7, 11) is 0. The van der Waals surface area contributed by atoms with Crippen LogP contribution in [0.25, 0.3) is 0 Å². The van der Waals surface area contributed by atoms with Gasteiger partial charge in [0.2, 0.25) is 0 Å². The highest BCUT2D eigenvalue weighted by molar-refractivity contribution is 5.79. The minimum atomic E-state index is -0.922. The van der Waals surface area contributed by atoms with Gasteiger partial charge in [-0.15, -0.1) is 0 Å². The molecule has 0 unspecified atom stereocenters. The van der Waals surface area contributed by atoms with E-state index in [-0.39, 0.29) is 0 Å². The lowest BCUT2D eigenvalue weighted by atomic mass is 10.5. The highest BCUT2D eigenvalue weighted by atomic mass is 16.4. The fourth-order valence-electron chi connectivity index (χ4n) is 0.447. The molecule has 0 bridgehead atoms. The van der Waals surface area contributed by atoms with E-state index in [1.165, 1.54) is 6.08 Å². The molecule has 4 N–H and O–H groups in total. The molecule has 10 heavy (non-hydrogen) atoms. The Morgan fingerprint density at radius 1 is 1.70 bits per heavy atom. The largest absolute Gasteiger partial charge is 0.478 e. The predicted molar refractivity (Wildman–Crippen MR) is 38.7 cm³/mol. The van der Waals surface area contributed by atoms with E-state index < -0.39 is 5.97 Å². The zero-order valence-electron chi connectivity index (χ0n) is 5.71. The van der Waals surface area contributed by atoms with Crippen LogP contribution in [0, 0.1) is 0 Å². The van der Waals surface area contributed by atoms with Crippen molar-refractivity contribution in [3.63, 3.8) is 0 Å². The molecule has 0 fully saturated rings. The maximum atomic E-state index is 9.89. The third-order valence-electron chi connectivity index (χ3n) is 0.844. The van der Waals surface area contributed by atoms with E-state index >= 15 is 0 Å². The van der Waals surface area contributed by atoms with Crippen LogP contribution in [0.15, 0.2) is 12.2 Å². The molecular weight excluding hydrogens is 132 g/mol. The van der Waals surface area contributed by atoms with Gasteiger partial charge in [0.25, 0.3) is 0 Å². The number of nitrogens with one attached hydrogen (secondary N) is 1. The van der Waals surface area contributed by atoms with Gasteiger partial charge in [0.1, 0.15) is 0 Å². The first-order chi connectivity index (χ1) is 4.77. The van der Waals surface area contributed by atoms with Crippen molar-refractivity contribution >= 4 is 5.97 Å². The van der Waals surface area contributed by atoms with Gasteiger partial charge in [0, 0.05) is 25.7 Å². The number of carboxylic acid groups (broad SMARTS) is 1. The average Bonchev–Trinajstić information content (AvgIpc) is 1.87. The molecule has 0 aliphatic carbocycles. The summed E-state index contributed by atoms with van der Waals surface area (Å²) in [5, 5.41) is 11.0. The zero-order chi connectivity index (χ0) is 7.82. The van der Waals surface area contributed by atoms with Crippen molar-refractivity contribution in [1.29, 1.82) is 0 Å². The lowest BCUT2D eigenvalue weighted by Gasteiger charge is -1.94. The molecule has 0 radical (unpaired) electrons. The Balaban J connectivity index is 3.10. The van der Waals surface area contributed by atoms with Crippen molar-refractivity contribution < 1.29 is 9.90 Å². The number of rotatable bonds is 5. The van der Waals surface area contributed by atoms with Crippen molar-refractivity contribution in [2.24, 2.45) is 5.73 Å². The molecule has 4 nitrogen and oxygen atoms in total. The van der Waals surface area contributed by atoms with Gasteiger partial charge in [-0.3, -0.25) is 0 Å². The molecule has 0 heterocycles. The summed E-state index contributed by atoms with van der Waals surface area (Å²) < 4.78 is 0. The molecule has 0 aliphatic heterocycles. The molecule has 0 aromatic carbocycles. The Labute approximate surface area is 59.7 Å². The Bertz CT molecular complexity index is 123. The number of nitrogens with two attached hydrogens (primary N) is 1. The number of carboxylic acids is 1. The summed E-state index contributed by atoms with van der Waals surface area (Å²) in [6, 6.07) is 0. The normalized spacial score (nSPS) is 10.5. The summed E-state index contributed by atoms with van der Waals surface area (Å²) in [6.07, 6.45) is 2.64. The summed E-state index contributed by atoms with van der Waals surface area (Å²) >= 11 is 0. The van der Waals surface area contributed by atoms with Gasteiger partial charge in [-0.25, -0.2) is 4.79 Å². The summed E-state index contributed by atoms with van der Waals surface area (Å²) in [6.45, 7) is 1.84. The Morgan fingerprint density at radius 2 is 2.40 bits per heavy atom. The van der Waals surface area contributed by atoms with E-state index in [0.29, 0.717) is 19.6 Å². The van der Waals surface area contributed by atoms with E-state index in [1.54, 1.807) is 0 Å². The molecule has 0 saturated heterocycles. The lowest BCUT2D eigenvalue weighted by Crippen LogP contribution is -2.22. The minimum Gasteiger partial charge on any atom is -0.478 e. The molecule has 0 rings (SSSR count). The van der Waals surface area contributed by atoms with Crippen LogP contribution in [-0.2, 0) is 4.79 Å². The van der Waals surface area contributed by atoms with E-state index in [0.717, 1.165) is 6.08 Å². The van der Waals surface area contributed by atoms with E-state index in [9.17, 15) is 4.79 Å². The van der Waals surface area contributed by atoms with Crippen molar-refractivity contribution in [3.05, 3.63) is 12.2 Å². The van der Waals surface area contributed by atoms with Gasteiger partial charge < -0.3 is 16.2 Å². The van der Waals surface area contributed by atoms with Crippen molar-refractivity contribution in [1.82, 2.24) is 5.32 Å². The van der Waals surface area contributed by atoms with Crippen molar-refractivity contribution in [3.8, 4) is 0 Å². The van der Waals surface area contributed by atoms with Crippen LogP contribution in [0.3, 0.4) is 0 Å². The zero-order valence-corrected chi connectivity index (χ0v) is 5.71. The topological polar surface area (TPSA) is 75.3 Å². The molecule has 0 saturated carbocycles. The molecule has 0 aromatic heterocycles. The smallest absolute Gasteiger partial charge is 0.328 e. The molecule has 0 spiro atoms. The van der Waals surface area contributed by atoms with Gasteiger partial charge in [-0.05, 0) is 0 Å². The lowest BCUT2D eigenvalue weighted by molar-refractivity contribution is -0.131. The molecule has 58 valence electrons. The second kappa shape index (κ2) is 6.25. The molecule has 0 aliphatic rings. The Hall–Kier alpha value is -0.870. The second-order valence-corrected chi connectivity index (χ2v) is 1.73. The van der Waals surface area contributed by atoms with Crippen LogP contribution in [0.2, 0.25) is 0 Å². The Morgan fingerprint density at radius 3 is 2.90 bits per heavy atom. The first kappa shape index (κ1) is 9.13. The number of hydrogen-bond donors (Lipinski definition) is 3. The predicted octanol–water partition coefficient (Wildman–Crippen LogP) is -0.825. The molecule has 0 amide bonds. The van der Waals surface area contributed by atoms with Crippen LogP contribution >= 0.6 is 0 Å². The van der Waals surface area contributed by atoms with Crippen LogP contribution in [-0.4, -0.2) is 30.7 Å². The van der Waals surface area contributed by atoms with Crippen molar-refractivity contribution in [2.45, 2.75) is 0 Å². The third-order valence-corrected chi connectivity index (χ3v) is 0.844. The molecular formula is C6H12N2O2. The van der Waals surface area contributed by atoms with Crippen LogP contribution in [0.1, 0.15) is 0 Å². The third kappa shape index (κ3) is 7.13. The fraction of sp³-hybridized carbons (Fsp3) is 0.500. The van der Waals surface area contributed by atoms with E-state index in [1.807, 2.05) is 0 Å². The second-order valence-electron chi connectivity index (χ2n) is 1.73. The SMILES string of the molecule is NCCNC/C=C/C(=O)O. The van der Waals surface area contributed by atoms with Crippen LogP contribution in [0.5, 0.6) is 0 Å². The number of hydrogen-bond acceptors (Lipinski definition) is 3. The highest BCUT2D eigenvalue weighted by Gasteiger charge is 1.83. The molecule has 4 heteroatoms. The quantitative estimate of drug-likeness (QED) is 0.348. The number of carbonyl (C=O) groups is 1. The van der Waals surface area contributed by atoms with Crippen LogP contribution in [0.4, 0.5) is 0 Å². The molecule has 0 aromatic rings. The maximum Gasteiger partial charge on any atom is 0.328 e. The molecule has 0 atom stereocenters. The van der Waals surface area contributed by atoms with Crippen molar-refractivity contribution in [2.75, 3.05) is 19.6 Å². The van der Waals surface area contributed by atoms with E-state index in [2.05, 4.69) is 5.32 Å². The van der Waals surface area contributed by atoms with Gasteiger partial charge in [-0.2, -0.15) is 0 Å². The summed E-state index contributed by atoms with van der Waals surface area (Å²) in [5.41, 5.74) is 5.17. The standard InChI is InChI=1S/C6H12N2O2/c7-3-5-8-4-1-2-6(9)10/h1-2,8H,3-5,7H2,(H,9,10)/b2-1+. The Kier molecular flexibility index (Phi) is 5.71. The fourth-order valence-corrected chi connectivity index (χ4v) is 0.447. The summed E-state index contributed by atoms with van der Waals surface area (Å²) in [5.74, 6) is -0.922. The first-order valence-electron chi connectivity index (χ1n) is 3.07. The maximum absolute atomic E-state index is 9.89. The van der Waals surface area contributed by atoms with Gasteiger partial charge in [-0.1, -0.05) is 6.08 Å². The number of aliphatic carboxylic acids is 1.